The number of hydrogen-bond donors (Lipinski definition) is 0. The van der Waals surface area contributed by atoms with Crippen LogP contribution in [0, 0.1) is 0 Å². The minimum atomic E-state index is 0.354. The van der Waals surface area contributed by atoms with Gasteiger partial charge in [-0.1, -0.05) is 46.3 Å². The summed E-state index contributed by atoms with van der Waals surface area (Å²) in [5.74, 6) is 0.917. The molecule has 0 unspecified atom stereocenters. The molecular formula is C14H18BrNO2. The second-order valence-corrected chi connectivity index (χ2v) is 5.04. The van der Waals surface area contributed by atoms with Crippen molar-refractivity contribution in [3.63, 3.8) is 0 Å². The molecule has 0 saturated heterocycles. The van der Waals surface area contributed by atoms with Gasteiger partial charge in [0.2, 0.25) is 6.79 Å². The third-order valence-electron chi connectivity index (χ3n) is 2.76. The fraction of sp³-hybridized carbons (Fsp3) is 0.429. The Morgan fingerprint density at radius 3 is 2.67 bits per heavy atom. The summed E-state index contributed by atoms with van der Waals surface area (Å²) in [5, 5.41) is 1.02. The number of rotatable bonds is 7. The first-order chi connectivity index (χ1) is 8.88. The highest BCUT2D eigenvalue weighted by molar-refractivity contribution is 9.09. The van der Waals surface area contributed by atoms with Crippen molar-refractivity contribution >= 4 is 15.9 Å². The standard InChI is InChI=1S/C14H18BrNO2/c15-7-4-8-16(10-14-11-17-12-18-14)9-13-5-2-1-3-6-13/h1-3,5-6,11H,4,7-10,12H2. The predicted octanol–water partition coefficient (Wildman–Crippen LogP) is 3.12. The maximum Gasteiger partial charge on any atom is 0.229 e. The smallest absolute Gasteiger partial charge is 0.229 e. The van der Waals surface area contributed by atoms with Crippen LogP contribution in [0.4, 0.5) is 0 Å². The Balaban J connectivity index is 1.91. The molecule has 0 aliphatic carbocycles. The third kappa shape index (κ3) is 4.35. The maximum absolute atomic E-state index is 5.39. The topological polar surface area (TPSA) is 21.7 Å². The van der Waals surface area contributed by atoms with Crippen LogP contribution in [0.2, 0.25) is 0 Å². The van der Waals surface area contributed by atoms with E-state index in [9.17, 15) is 0 Å². The van der Waals surface area contributed by atoms with E-state index in [0.29, 0.717) is 6.79 Å². The van der Waals surface area contributed by atoms with E-state index in [2.05, 4.69) is 45.1 Å². The Morgan fingerprint density at radius 1 is 1.17 bits per heavy atom. The van der Waals surface area contributed by atoms with Gasteiger partial charge in [-0.15, -0.1) is 0 Å². The molecule has 0 N–H and O–H groups in total. The lowest BCUT2D eigenvalue weighted by molar-refractivity contribution is 0.0719. The van der Waals surface area contributed by atoms with Crippen LogP contribution in [0.3, 0.4) is 0 Å². The fourth-order valence-electron chi connectivity index (χ4n) is 1.91. The number of hydrogen-bond acceptors (Lipinski definition) is 3. The Labute approximate surface area is 117 Å². The largest absolute Gasteiger partial charge is 0.462 e. The molecule has 0 aromatic heterocycles. The van der Waals surface area contributed by atoms with Crippen molar-refractivity contribution in [2.45, 2.75) is 13.0 Å². The molecule has 0 spiro atoms. The molecule has 1 aromatic rings. The van der Waals surface area contributed by atoms with Gasteiger partial charge in [-0.05, 0) is 18.5 Å². The van der Waals surface area contributed by atoms with Crippen LogP contribution < -0.4 is 0 Å². The van der Waals surface area contributed by atoms with Crippen molar-refractivity contribution in [1.82, 2.24) is 4.90 Å². The van der Waals surface area contributed by atoms with Gasteiger partial charge < -0.3 is 9.47 Å². The first-order valence-corrected chi connectivity index (χ1v) is 7.26. The van der Waals surface area contributed by atoms with Crippen molar-refractivity contribution in [3.8, 4) is 0 Å². The van der Waals surface area contributed by atoms with Gasteiger partial charge in [0.25, 0.3) is 0 Å². The quantitative estimate of drug-likeness (QED) is 0.722. The van der Waals surface area contributed by atoms with E-state index in [0.717, 1.165) is 37.1 Å². The molecule has 0 radical (unpaired) electrons. The van der Waals surface area contributed by atoms with E-state index in [1.165, 1.54) is 5.56 Å². The van der Waals surface area contributed by atoms with Crippen LogP contribution in [0.25, 0.3) is 0 Å². The lowest BCUT2D eigenvalue weighted by Crippen LogP contribution is -2.27. The second kappa shape index (κ2) is 7.44. The molecule has 18 heavy (non-hydrogen) atoms. The molecule has 3 nitrogen and oxygen atoms in total. The van der Waals surface area contributed by atoms with E-state index < -0.39 is 0 Å². The van der Waals surface area contributed by atoms with Gasteiger partial charge in [-0.3, -0.25) is 4.90 Å². The molecule has 1 aliphatic rings. The number of nitrogens with zero attached hydrogens (tertiary/aromatic N) is 1. The van der Waals surface area contributed by atoms with Crippen LogP contribution in [-0.4, -0.2) is 30.1 Å². The fourth-order valence-corrected chi connectivity index (χ4v) is 2.16. The van der Waals surface area contributed by atoms with Gasteiger partial charge in [0.05, 0.1) is 6.54 Å². The summed E-state index contributed by atoms with van der Waals surface area (Å²) in [7, 11) is 0. The van der Waals surface area contributed by atoms with E-state index in [4.69, 9.17) is 9.47 Å². The lowest BCUT2D eigenvalue weighted by atomic mass is 10.2. The third-order valence-corrected chi connectivity index (χ3v) is 3.32. The van der Waals surface area contributed by atoms with Gasteiger partial charge in [-0.25, -0.2) is 0 Å². The molecular weight excluding hydrogens is 294 g/mol. The summed E-state index contributed by atoms with van der Waals surface area (Å²) in [6.07, 6.45) is 2.84. The van der Waals surface area contributed by atoms with E-state index in [-0.39, 0.29) is 0 Å². The highest BCUT2D eigenvalue weighted by atomic mass is 79.9. The molecule has 0 bridgehead atoms. The number of benzene rings is 1. The summed E-state index contributed by atoms with van der Waals surface area (Å²) in [6.45, 7) is 3.14. The van der Waals surface area contributed by atoms with E-state index in [1.54, 1.807) is 6.26 Å². The Kier molecular flexibility index (Phi) is 5.55. The zero-order valence-corrected chi connectivity index (χ0v) is 11.9. The summed E-state index contributed by atoms with van der Waals surface area (Å²) in [5.41, 5.74) is 1.33. The van der Waals surface area contributed by atoms with Crippen LogP contribution in [-0.2, 0) is 16.0 Å². The average Bonchev–Trinajstić information content (AvgIpc) is 2.90. The Bertz CT molecular complexity index is 381. The summed E-state index contributed by atoms with van der Waals surface area (Å²) in [6, 6.07) is 10.5. The van der Waals surface area contributed by atoms with Crippen LogP contribution in [0.1, 0.15) is 12.0 Å². The van der Waals surface area contributed by atoms with Gasteiger partial charge >= 0.3 is 0 Å². The molecule has 1 aromatic carbocycles. The molecule has 2 rings (SSSR count). The highest BCUT2D eigenvalue weighted by Gasteiger charge is 2.12. The van der Waals surface area contributed by atoms with Crippen molar-refractivity contribution in [1.29, 1.82) is 0 Å². The Morgan fingerprint density at radius 2 is 2.00 bits per heavy atom. The molecule has 0 saturated carbocycles. The maximum atomic E-state index is 5.39. The summed E-state index contributed by atoms with van der Waals surface area (Å²) >= 11 is 3.48. The molecule has 4 heteroatoms. The van der Waals surface area contributed by atoms with Crippen molar-refractivity contribution < 1.29 is 9.47 Å². The lowest BCUT2D eigenvalue weighted by Gasteiger charge is -2.21. The first-order valence-electron chi connectivity index (χ1n) is 6.14. The van der Waals surface area contributed by atoms with Gasteiger partial charge in [-0.2, -0.15) is 0 Å². The zero-order valence-electron chi connectivity index (χ0n) is 10.3. The summed E-state index contributed by atoms with van der Waals surface area (Å²) in [4.78, 5) is 2.37. The van der Waals surface area contributed by atoms with E-state index >= 15 is 0 Å². The monoisotopic (exact) mass is 311 g/mol. The predicted molar refractivity (Wildman–Crippen MR) is 75.3 cm³/mol. The zero-order chi connectivity index (χ0) is 12.6. The molecule has 0 amide bonds. The molecule has 1 aliphatic heterocycles. The molecule has 0 atom stereocenters. The van der Waals surface area contributed by atoms with E-state index in [1.807, 2.05) is 6.07 Å². The first kappa shape index (κ1) is 13.4. The Hall–Kier alpha value is -1.00. The highest BCUT2D eigenvalue weighted by Crippen LogP contribution is 2.12. The minimum absolute atomic E-state index is 0.354. The van der Waals surface area contributed by atoms with Gasteiger partial charge in [0.1, 0.15) is 12.0 Å². The SMILES string of the molecule is BrCCCN(CC1=COCO1)Cc1ccccc1. The number of alkyl halides is 1. The number of halogens is 1. The molecule has 1 heterocycles. The molecule has 98 valence electrons. The van der Waals surface area contributed by atoms with Crippen molar-refractivity contribution in [2.75, 3.05) is 25.2 Å². The van der Waals surface area contributed by atoms with Crippen LogP contribution in [0.5, 0.6) is 0 Å². The van der Waals surface area contributed by atoms with Crippen molar-refractivity contribution in [3.05, 3.63) is 47.9 Å². The van der Waals surface area contributed by atoms with Gasteiger partial charge in [0.15, 0.2) is 0 Å². The number of ether oxygens (including phenoxy) is 2. The van der Waals surface area contributed by atoms with Crippen LogP contribution >= 0.6 is 15.9 Å². The minimum Gasteiger partial charge on any atom is -0.462 e. The summed E-state index contributed by atoms with van der Waals surface area (Å²) < 4.78 is 10.5. The average molecular weight is 312 g/mol. The van der Waals surface area contributed by atoms with Gasteiger partial charge in [0, 0.05) is 11.9 Å². The molecule has 0 fully saturated rings. The van der Waals surface area contributed by atoms with Crippen LogP contribution in [0.15, 0.2) is 42.4 Å². The second-order valence-electron chi connectivity index (χ2n) is 4.25. The van der Waals surface area contributed by atoms with Crippen molar-refractivity contribution in [2.24, 2.45) is 0 Å². The normalized spacial score (nSPS) is 14.2.